The number of nitrogens with one attached hydrogen (secondary N) is 4. The van der Waals surface area contributed by atoms with Crippen molar-refractivity contribution in [2.24, 2.45) is 5.73 Å². The fourth-order valence-corrected chi connectivity index (χ4v) is 2.13. The second kappa shape index (κ2) is 11.6. The molecular formula is C17H25N5O5. The van der Waals surface area contributed by atoms with E-state index in [0.29, 0.717) is 0 Å². The highest BCUT2D eigenvalue weighted by atomic mass is 16.3. The standard InChI is InChI=1S/C17H25N5O5/c1-11(23)21-15(25)10-20-17(27)13(7-12-5-3-2-4-6-12)22-16(26)9-19-14(24)8-18/h2-6,11,13,23H,7-10,18H2,1H3,(H,19,24)(H,20,27)(H,21,25)(H,22,26)/t11?,13-/m0/s1. The Hall–Kier alpha value is -2.98. The van der Waals surface area contributed by atoms with Gasteiger partial charge in [0.05, 0.1) is 19.6 Å². The predicted molar refractivity (Wildman–Crippen MR) is 97.0 cm³/mol. The van der Waals surface area contributed by atoms with Crippen molar-refractivity contribution in [3.8, 4) is 0 Å². The zero-order valence-electron chi connectivity index (χ0n) is 15.0. The summed E-state index contributed by atoms with van der Waals surface area (Å²) in [7, 11) is 0. The maximum atomic E-state index is 12.4. The summed E-state index contributed by atoms with van der Waals surface area (Å²) in [5.74, 6) is -2.21. The van der Waals surface area contributed by atoms with E-state index in [9.17, 15) is 19.2 Å². The minimum atomic E-state index is -1.04. The molecule has 0 fully saturated rings. The molecule has 7 N–H and O–H groups in total. The summed E-state index contributed by atoms with van der Waals surface area (Å²) in [6.45, 7) is 0.444. The summed E-state index contributed by atoms with van der Waals surface area (Å²) in [4.78, 5) is 47.1. The lowest BCUT2D eigenvalue weighted by Gasteiger charge is -2.19. The molecule has 148 valence electrons. The van der Waals surface area contributed by atoms with E-state index in [4.69, 9.17) is 10.8 Å². The number of benzene rings is 1. The van der Waals surface area contributed by atoms with Crippen LogP contribution in [-0.2, 0) is 25.6 Å². The van der Waals surface area contributed by atoms with Crippen molar-refractivity contribution in [1.29, 1.82) is 0 Å². The second-order valence-corrected chi connectivity index (χ2v) is 5.75. The molecule has 2 atom stereocenters. The van der Waals surface area contributed by atoms with Crippen molar-refractivity contribution >= 4 is 23.6 Å². The van der Waals surface area contributed by atoms with Gasteiger partial charge in [0, 0.05) is 6.42 Å². The lowest BCUT2D eigenvalue weighted by atomic mass is 10.1. The summed E-state index contributed by atoms with van der Waals surface area (Å²) >= 11 is 0. The first-order chi connectivity index (χ1) is 12.8. The lowest BCUT2D eigenvalue weighted by Crippen LogP contribution is -2.52. The maximum absolute atomic E-state index is 12.4. The van der Waals surface area contributed by atoms with Gasteiger partial charge in [-0.2, -0.15) is 0 Å². The molecule has 0 saturated carbocycles. The zero-order valence-corrected chi connectivity index (χ0v) is 15.0. The number of nitrogens with two attached hydrogens (primary N) is 1. The number of carbonyl (C=O) groups excluding carboxylic acids is 4. The highest BCUT2D eigenvalue weighted by molar-refractivity contribution is 5.92. The molecule has 0 heterocycles. The number of hydrogen-bond acceptors (Lipinski definition) is 6. The Kier molecular flexibility index (Phi) is 9.48. The van der Waals surface area contributed by atoms with E-state index < -0.39 is 35.9 Å². The van der Waals surface area contributed by atoms with E-state index >= 15 is 0 Å². The molecule has 0 aliphatic heterocycles. The van der Waals surface area contributed by atoms with Crippen LogP contribution in [0, 0.1) is 0 Å². The van der Waals surface area contributed by atoms with Gasteiger partial charge in [-0.1, -0.05) is 30.3 Å². The number of carbonyl (C=O) groups is 4. The van der Waals surface area contributed by atoms with E-state index in [-0.39, 0.29) is 26.1 Å². The van der Waals surface area contributed by atoms with Crippen LogP contribution in [0.25, 0.3) is 0 Å². The molecular weight excluding hydrogens is 354 g/mol. The van der Waals surface area contributed by atoms with Crippen LogP contribution >= 0.6 is 0 Å². The molecule has 4 amide bonds. The van der Waals surface area contributed by atoms with Gasteiger partial charge < -0.3 is 32.1 Å². The monoisotopic (exact) mass is 379 g/mol. The Morgan fingerprint density at radius 3 is 2.15 bits per heavy atom. The number of amides is 4. The van der Waals surface area contributed by atoms with Crippen LogP contribution in [0.3, 0.4) is 0 Å². The van der Waals surface area contributed by atoms with Crippen LogP contribution in [0.4, 0.5) is 0 Å². The first kappa shape index (κ1) is 22.1. The number of rotatable bonds is 10. The second-order valence-electron chi connectivity index (χ2n) is 5.75. The van der Waals surface area contributed by atoms with Crippen molar-refractivity contribution < 1.29 is 24.3 Å². The predicted octanol–water partition coefficient (Wildman–Crippen LogP) is -2.64. The number of aliphatic hydroxyl groups excluding tert-OH is 1. The quantitative estimate of drug-likeness (QED) is 0.243. The lowest BCUT2D eigenvalue weighted by molar-refractivity contribution is -0.131. The number of hydrogen-bond donors (Lipinski definition) is 6. The zero-order chi connectivity index (χ0) is 20.2. The van der Waals surface area contributed by atoms with Crippen molar-refractivity contribution in [3.05, 3.63) is 35.9 Å². The molecule has 0 saturated heterocycles. The first-order valence-corrected chi connectivity index (χ1v) is 8.37. The molecule has 0 aromatic heterocycles. The third-order valence-corrected chi connectivity index (χ3v) is 3.36. The molecule has 0 aliphatic carbocycles. The number of aliphatic hydroxyl groups is 1. The fraction of sp³-hybridized carbons (Fsp3) is 0.412. The molecule has 1 aromatic rings. The smallest absolute Gasteiger partial charge is 0.243 e. The van der Waals surface area contributed by atoms with E-state index in [1.54, 1.807) is 24.3 Å². The molecule has 0 radical (unpaired) electrons. The SMILES string of the molecule is CC(O)NC(=O)CNC(=O)[C@H](Cc1ccccc1)NC(=O)CNC(=O)CN. The fourth-order valence-electron chi connectivity index (χ4n) is 2.13. The van der Waals surface area contributed by atoms with Crippen molar-refractivity contribution in [2.45, 2.75) is 25.6 Å². The Morgan fingerprint density at radius 2 is 1.56 bits per heavy atom. The summed E-state index contributed by atoms with van der Waals surface area (Å²) < 4.78 is 0. The highest BCUT2D eigenvalue weighted by Gasteiger charge is 2.22. The van der Waals surface area contributed by atoms with Crippen molar-refractivity contribution in [2.75, 3.05) is 19.6 Å². The largest absolute Gasteiger partial charge is 0.374 e. The van der Waals surface area contributed by atoms with Crippen LogP contribution in [-0.4, -0.2) is 60.6 Å². The summed E-state index contributed by atoms with van der Waals surface area (Å²) in [5.41, 5.74) is 5.95. The van der Waals surface area contributed by atoms with E-state index in [1.807, 2.05) is 6.07 Å². The molecule has 0 aliphatic rings. The summed E-state index contributed by atoms with van der Waals surface area (Å²) in [6, 6.07) is 8.05. The molecule has 0 spiro atoms. The topological polar surface area (TPSA) is 163 Å². The Bertz CT molecular complexity index is 650. The molecule has 10 nitrogen and oxygen atoms in total. The first-order valence-electron chi connectivity index (χ1n) is 8.37. The Morgan fingerprint density at radius 1 is 0.963 bits per heavy atom. The molecule has 1 rings (SSSR count). The molecule has 1 unspecified atom stereocenters. The maximum Gasteiger partial charge on any atom is 0.243 e. The normalized spacial score (nSPS) is 12.4. The van der Waals surface area contributed by atoms with Gasteiger partial charge >= 0.3 is 0 Å². The molecule has 0 bridgehead atoms. The van der Waals surface area contributed by atoms with Crippen LogP contribution < -0.4 is 27.0 Å². The van der Waals surface area contributed by atoms with Gasteiger partial charge in [-0.15, -0.1) is 0 Å². The van der Waals surface area contributed by atoms with Crippen LogP contribution in [0.15, 0.2) is 30.3 Å². The third kappa shape index (κ3) is 9.33. The van der Waals surface area contributed by atoms with Crippen LogP contribution in [0.1, 0.15) is 12.5 Å². The Labute approximate surface area is 156 Å². The van der Waals surface area contributed by atoms with Gasteiger partial charge in [-0.25, -0.2) is 0 Å². The van der Waals surface area contributed by atoms with E-state index in [2.05, 4.69) is 21.3 Å². The summed E-state index contributed by atoms with van der Waals surface area (Å²) in [5, 5.41) is 18.6. The van der Waals surface area contributed by atoms with E-state index in [1.165, 1.54) is 6.92 Å². The van der Waals surface area contributed by atoms with Gasteiger partial charge in [-0.3, -0.25) is 19.2 Å². The van der Waals surface area contributed by atoms with Crippen LogP contribution in [0.5, 0.6) is 0 Å². The van der Waals surface area contributed by atoms with Gasteiger partial charge in [0.1, 0.15) is 12.3 Å². The molecule has 10 heteroatoms. The van der Waals surface area contributed by atoms with Gasteiger partial charge in [0.15, 0.2) is 0 Å². The van der Waals surface area contributed by atoms with Crippen LogP contribution in [0.2, 0.25) is 0 Å². The van der Waals surface area contributed by atoms with E-state index in [0.717, 1.165) is 5.56 Å². The van der Waals surface area contributed by atoms with Crippen molar-refractivity contribution in [3.63, 3.8) is 0 Å². The average molecular weight is 379 g/mol. The highest BCUT2D eigenvalue weighted by Crippen LogP contribution is 2.03. The van der Waals surface area contributed by atoms with Gasteiger partial charge in [-0.05, 0) is 12.5 Å². The van der Waals surface area contributed by atoms with Gasteiger partial charge in [0.25, 0.3) is 0 Å². The minimum absolute atomic E-state index is 0.196. The molecule has 27 heavy (non-hydrogen) atoms. The van der Waals surface area contributed by atoms with Crippen molar-refractivity contribution in [1.82, 2.24) is 21.3 Å². The molecule has 1 aromatic carbocycles. The third-order valence-electron chi connectivity index (χ3n) is 3.36. The minimum Gasteiger partial charge on any atom is -0.374 e. The summed E-state index contributed by atoms with van der Waals surface area (Å²) in [6.07, 6.45) is -0.846. The Balaban J connectivity index is 2.69. The van der Waals surface area contributed by atoms with Gasteiger partial charge in [0.2, 0.25) is 23.6 Å². The average Bonchev–Trinajstić information content (AvgIpc) is 2.63.